The number of carbonyl (C=O) groups is 1. The molecule has 0 aliphatic carbocycles. The summed E-state index contributed by atoms with van der Waals surface area (Å²) in [6.45, 7) is 2.38. The first-order chi connectivity index (χ1) is 5.77. The first-order valence-corrected chi connectivity index (χ1v) is 4.00. The molecule has 0 aliphatic rings. The summed E-state index contributed by atoms with van der Waals surface area (Å²) in [4.78, 5) is 10.6. The molecule has 1 aromatic rings. The molecule has 0 heterocycles. The van der Waals surface area contributed by atoms with Crippen LogP contribution in [0.3, 0.4) is 0 Å². The summed E-state index contributed by atoms with van der Waals surface area (Å²) in [7, 11) is 0. The standard InChI is InChI=1S/C10H13NO/c1-8-3-2-4-9(5-8)10(6-11)7-12/h2-5,7,10H,6,11H2,1H3. The lowest BCUT2D eigenvalue weighted by Crippen LogP contribution is -2.13. The third-order valence-electron chi connectivity index (χ3n) is 1.89. The lowest BCUT2D eigenvalue weighted by Gasteiger charge is -2.07. The van der Waals surface area contributed by atoms with Crippen molar-refractivity contribution in [1.29, 1.82) is 0 Å². The van der Waals surface area contributed by atoms with E-state index in [1.165, 1.54) is 0 Å². The topological polar surface area (TPSA) is 43.1 Å². The Balaban J connectivity index is 2.93. The van der Waals surface area contributed by atoms with Crippen LogP contribution in [0.4, 0.5) is 0 Å². The predicted molar refractivity (Wildman–Crippen MR) is 49.0 cm³/mol. The highest BCUT2D eigenvalue weighted by atomic mass is 16.1. The van der Waals surface area contributed by atoms with Crippen molar-refractivity contribution < 1.29 is 4.79 Å². The number of hydrogen-bond acceptors (Lipinski definition) is 2. The molecule has 64 valence electrons. The molecule has 0 amide bonds. The zero-order valence-corrected chi connectivity index (χ0v) is 7.16. The first kappa shape index (κ1) is 8.94. The first-order valence-electron chi connectivity index (χ1n) is 4.00. The molecule has 0 saturated heterocycles. The Hall–Kier alpha value is -1.15. The molecule has 1 aromatic carbocycles. The molecule has 0 spiro atoms. The van der Waals surface area contributed by atoms with Crippen molar-refractivity contribution in [3.8, 4) is 0 Å². The summed E-state index contributed by atoms with van der Waals surface area (Å²) in [5, 5.41) is 0. The lowest BCUT2D eigenvalue weighted by atomic mass is 9.99. The largest absolute Gasteiger partial charge is 0.329 e. The Kier molecular flexibility index (Phi) is 3.00. The van der Waals surface area contributed by atoms with Crippen molar-refractivity contribution in [2.75, 3.05) is 6.54 Å². The summed E-state index contributed by atoms with van der Waals surface area (Å²) in [5.74, 6) is -0.148. The number of rotatable bonds is 3. The summed E-state index contributed by atoms with van der Waals surface area (Å²) in [6, 6.07) is 7.86. The highest BCUT2D eigenvalue weighted by Crippen LogP contribution is 2.13. The molecule has 0 aliphatic heterocycles. The summed E-state index contributed by atoms with van der Waals surface area (Å²) < 4.78 is 0. The van der Waals surface area contributed by atoms with E-state index in [1.54, 1.807) is 0 Å². The van der Waals surface area contributed by atoms with Crippen LogP contribution in [-0.4, -0.2) is 12.8 Å². The van der Waals surface area contributed by atoms with Gasteiger partial charge < -0.3 is 10.5 Å². The molecule has 0 saturated carbocycles. The Labute approximate surface area is 72.4 Å². The van der Waals surface area contributed by atoms with Crippen molar-refractivity contribution in [2.24, 2.45) is 5.73 Å². The zero-order chi connectivity index (χ0) is 8.97. The van der Waals surface area contributed by atoms with Crippen LogP contribution in [0.25, 0.3) is 0 Å². The zero-order valence-electron chi connectivity index (χ0n) is 7.16. The number of benzene rings is 1. The van der Waals surface area contributed by atoms with E-state index in [4.69, 9.17) is 5.73 Å². The normalized spacial score (nSPS) is 12.5. The fourth-order valence-electron chi connectivity index (χ4n) is 1.17. The Morgan fingerprint density at radius 1 is 1.58 bits per heavy atom. The third kappa shape index (κ3) is 1.92. The van der Waals surface area contributed by atoms with Crippen molar-refractivity contribution in [3.63, 3.8) is 0 Å². The van der Waals surface area contributed by atoms with Gasteiger partial charge in [0.1, 0.15) is 6.29 Å². The minimum absolute atomic E-state index is 0.148. The van der Waals surface area contributed by atoms with E-state index in [1.807, 2.05) is 31.2 Å². The number of carbonyl (C=O) groups excluding carboxylic acids is 1. The maximum absolute atomic E-state index is 10.6. The second-order valence-corrected chi connectivity index (χ2v) is 2.89. The van der Waals surface area contributed by atoms with Crippen LogP contribution in [-0.2, 0) is 4.79 Å². The quantitative estimate of drug-likeness (QED) is 0.681. The molecule has 1 rings (SSSR count). The Morgan fingerprint density at radius 2 is 2.33 bits per heavy atom. The van der Waals surface area contributed by atoms with E-state index < -0.39 is 0 Å². The van der Waals surface area contributed by atoms with Crippen LogP contribution in [0.5, 0.6) is 0 Å². The van der Waals surface area contributed by atoms with Gasteiger partial charge in [0, 0.05) is 6.54 Å². The van der Waals surface area contributed by atoms with Crippen LogP contribution in [0.1, 0.15) is 17.0 Å². The summed E-state index contributed by atoms with van der Waals surface area (Å²) in [6.07, 6.45) is 0.898. The molecular weight excluding hydrogens is 150 g/mol. The van der Waals surface area contributed by atoms with Gasteiger partial charge in [0.15, 0.2) is 0 Å². The maximum atomic E-state index is 10.6. The van der Waals surface area contributed by atoms with E-state index in [0.717, 1.165) is 17.4 Å². The van der Waals surface area contributed by atoms with Crippen LogP contribution in [0.15, 0.2) is 24.3 Å². The van der Waals surface area contributed by atoms with Gasteiger partial charge in [-0.15, -0.1) is 0 Å². The van der Waals surface area contributed by atoms with Gasteiger partial charge in [-0.3, -0.25) is 0 Å². The fourth-order valence-corrected chi connectivity index (χ4v) is 1.17. The van der Waals surface area contributed by atoms with E-state index in [9.17, 15) is 4.79 Å². The smallest absolute Gasteiger partial charge is 0.128 e. The van der Waals surface area contributed by atoms with Gasteiger partial charge in [0.05, 0.1) is 5.92 Å². The molecule has 1 atom stereocenters. The average molecular weight is 163 g/mol. The molecule has 12 heavy (non-hydrogen) atoms. The van der Waals surface area contributed by atoms with Gasteiger partial charge in [0.25, 0.3) is 0 Å². The van der Waals surface area contributed by atoms with Crippen molar-refractivity contribution in [1.82, 2.24) is 0 Å². The van der Waals surface area contributed by atoms with Gasteiger partial charge in [-0.2, -0.15) is 0 Å². The number of hydrogen-bond donors (Lipinski definition) is 1. The minimum Gasteiger partial charge on any atom is -0.329 e. The van der Waals surface area contributed by atoms with Gasteiger partial charge in [-0.25, -0.2) is 0 Å². The maximum Gasteiger partial charge on any atom is 0.128 e. The van der Waals surface area contributed by atoms with E-state index >= 15 is 0 Å². The molecule has 0 fully saturated rings. The minimum atomic E-state index is -0.148. The van der Waals surface area contributed by atoms with Crippen LogP contribution < -0.4 is 5.73 Å². The highest BCUT2D eigenvalue weighted by molar-refractivity contribution is 5.62. The van der Waals surface area contributed by atoms with Gasteiger partial charge in [0.2, 0.25) is 0 Å². The average Bonchev–Trinajstić information content (AvgIpc) is 2.07. The Morgan fingerprint density at radius 3 is 2.83 bits per heavy atom. The molecule has 1 unspecified atom stereocenters. The van der Waals surface area contributed by atoms with Crippen molar-refractivity contribution in [2.45, 2.75) is 12.8 Å². The van der Waals surface area contributed by atoms with E-state index in [-0.39, 0.29) is 5.92 Å². The number of aryl methyl sites for hydroxylation is 1. The van der Waals surface area contributed by atoms with Gasteiger partial charge >= 0.3 is 0 Å². The lowest BCUT2D eigenvalue weighted by molar-refractivity contribution is -0.108. The second kappa shape index (κ2) is 4.02. The van der Waals surface area contributed by atoms with Crippen molar-refractivity contribution in [3.05, 3.63) is 35.4 Å². The molecule has 2 N–H and O–H groups in total. The predicted octanol–water partition coefficient (Wildman–Crippen LogP) is 1.24. The second-order valence-electron chi connectivity index (χ2n) is 2.89. The van der Waals surface area contributed by atoms with Crippen LogP contribution >= 0.6 is 0 Å². The van der Waals surface area contributed by atoms with Crippen molar-refractivity contribution >= 4 is 6.29 Å². The fraction of sp³-hybridized carbons (Fsp3) is 0.300. The molecule has 2 heteroatoms. The SMILES string of the molecule is Cc1cccc(C(C=O)CN)c1. The van der Waals surface area contributed by atoms with Crippen LogP contribution in [0, 0.1) is 6.92 Å². The van der Waals surface area contributed by atoms with E-state index in [2.05, 4.69) is 0 Å². The van der Waals surface area contributed by atoms with Crippen LogP contribution in [0.2, 0.25) is 0 Å². The van der Waals surface area contributed by atoms with Gasteiger partial charge in [-0.05, 0) is 12.5 Å². The number of nitrogens with two attached hydrogens (primary N) is 1. The molecule has 2 nitrogen and oxygen atoms in total. The van der Waals surface area contributed by atoms with Gasteiger partial charge in [-0.1, -0.05) is 29.8 Å². The third-order valence-corrected chi connectivity index (χ3v) is 1.89. The summed E-state index contributed by atoms with van der Waals surface area (Å²) in [5.41, 5.74) is 7.60. The molecular formula is C10H13NO. The monoisotopic (exact) mass is 163 g/mol. The molecule has 0 bridgehead atoms. The van der Waals surface area contributed by atoms with E-state index in [0.29, 0.717) is 6.54 Å². The number of aldehydes is 1. The summed E-state index contributed by atoms with van der Waals surface area (Å²) >= 11 is 0. The molecule has 0 aromatic heterocycles. The highest BCUT2D eigenvalue weighted by Gasteiger charge is 2.06. The Bertz CT molecular complexity index is 270. The molecule has 0 radical (unpaired) electrons.